The Hall–Kier alpha value is -1.24. The fraction of sp³-hybridized carbons (Fsp3) is 0.429. The summed E-state index contributed by atoms with van der Waals surface area (Å²) in [5.74, 6) is 0. The molecule has 0 amide bonds. The summed E-state index contributed by atoms with van der Waals surface area (Å²) in [6, 6.07) is 6.60. The first-order valence-electron chi connectivity index (χ1n) is 5.44. The highest BCUT2D eigenvalue weighted by Gasteiger charge is 2.14. The van der Waals surface area contributed by atoms with E-state index in [4.69, 9.17) is 0 Å². The third-order valence-electron chi connectivity index (χ3n) is 2.53. The van der Waals surface area contributed by atoms with Crippen LogP contribution in [0, 0.1) is 0 Å². The first-order valence-corrected chi connectivity index (χ1v) is 5.44. The molecule has 15 heavy (non-hydrogen) atoms. The molecule has 0 bridgehead atoms. The highest BCUT2D eigenvalue weighted by atomic mass is 14.8. The standard InChI is InChI=1S/C14H21N/c1-6-7-11-10-12(14(2,3)4)8-9-13(11)15-5/h6-10,15H,1-5H3/b7-6-. The summed E-state index contributed by atoms with van der Waals surface area (Å²) in [6.45, 7) is 8.76. The van der Waals surface area contributed by atoms with Crippen molar-refractivity contribution in [1.29, 1.82) is 0 Å². The highest BCUT2D eigenvalue weighted by molar-refractivity contribution is 5.67. The Labute approximate surface area is 93.2 Å². The van der Waals surface area contributed by atoms with Crippen molar-refractivity contribution in [2.24, 2.45) is 0 Å². The third-order valence-corrected chi connectivity index (χ3v) is 2.53. The van der Waals surface area contributed by atoms with Gasteiger partial charge in [0, 0.05) is 12.7 Å². The van der Waals surface area contributed by atoms with Gasteiger partial charge in [-0.25, -0.2) is 0 Å². The molecule has 1 heteroatoms. The number of hydrogen-bond acceptors (Lipinski definition) is 1. The van der Waals surface area contributed by atoms with Crippen molar-refractivity contribution in [2.45, 2.75) is 33.1 Å². The van der Waals surface area contributed by atoms with Crippen LogP contribution in [0.5, 0.6) is 0 Å². The van der Waals surface area contributed by atoms with Gasteiger partial charge in [-0.3, -0.25) is 0 Å². The smallest absolute Gasteiger partial charge is 0.0411 e. The molecule has 0 heterocycles. The van der Waals surface area contributed by atoms with Crippen molar-refractivity contribution < 1.29 is 0 Å². The Kier molecular flexibility index (Phi) is 3.57. The van der Waals surface area contributed by atoms with Crippen LogP contribution in [0.1, 0.15) is 38.8 Å². The minimum atomic E-state index is 0.211. The maximum atomic E-state index is 3.21. The van der Waals surface area contributed by atoms with Gasteiger partial charge in [0.2, 0.25) is 0 Å². The number of allylic oxidation sites excluding steroid dienone is 1. The molecule has 0 aromatic heterocycles. The molecule has 1 aromatic carbocycles. The van der Waals surface area contributed by atoms with E-state index < -0.39 is 0 Å². The van der Waals surface area contributed by atoms with Crippen molar-refractivity contribution in [1.82, 2.24) is 0 Å². The number of benzene rings is 1. The van der Waals surface area contributed by atoms with Crippen molar-refractivity contribution in [2.75, 3.05) is 12.4 Å². The van der Waals surface area contributed by atoms with Gasteiger partial charge in [0.1, 0.15) is 0 Å². The van der Waals surface area contributed by atoms with Crippen LogP contribution in [0.25, 0.3) is 6.08 Å². The van der Waals surface area contributed by atoms with E-state index in [0.29, 0.717) is 0 Å². The number of anilines is 1. The van der Waals surface area contributed by atoms with Gasteiger partial charge in [0.05, 0.1) is 0 Å². The average Bonchev–Trinajstić information content (AvgIpc) is 2.17. The van der Waals surface area contributed by atoms with Crippen LogP contribution in [0.4, 0.5) is 5.69 Å². The molecule has 0 radical (unpaired) electrons. The summed E-state index contributed by atoms with van der Waals surface area (Å²) in [5, 5.41) is 3.21. The summed E-state index contributed by atoms with van der Waals surface area (Å²) in [5.41, 5.74) is 4.02. The Morgan fingerprint density at radius 2 is 1.87 bits per heavy atom. The average molecular weight is 203 g/mol. The van der Waals surface area contributed by atoms with E-state index >= 15 is 0 Å². The van der Waals surface area contributed by atoms with Crippen molar-refractivity contribution >= 4 is 11.8 Å². The lowest BCUT2D eigenvalue weighted by atomic mass is 9.86. The van der Waals surface area contributed by atoms with Gasteiger partial charge >= 0.3 is 0 Å². The van der Waals surface area contributed by atoms with Gasteiger partial charge in [0.15, 0.2) is 0 Å². The molecule has 0 saturated heterocycles. The summed E-state index contributed by atoms with van der Waals surface area (Å²) >= 11 is 0. The number of hydrogen-bond donors (Lipinski definition) is 1. The van der Waals surface area contributed by atoms with E-state index in [9.17, 15) is 0 Å². The molecule has 0 fully saturated rings. The van der Waals surface area contributed by atoms with Gasteiger partial charge in [-0.1, -0.05) is 39.0 Å². The fourth-order valence-corrected chi connectivity index (χ4v) is 1.57. The van der Waals surface area contributed by atoms with Gasteiger partial charge in [-0.15, -0.1) is 0 Å². The maximum Gasteiger partial charge on any atom is 0.0411 e. The molecular weight excluding hydrogens is 182 g/mol. The van der Waals surface area contributed by atoms with Gasteiger partial charge in [-0.05, 0) is 35.6 Å². The monoisotopic (exact) mass is 203 g/mol. The zero-order chi connectivity index (χ0) is 11.5. The molecule has 0 atom stereocenters. The van der Waals surface area contributed by atoms with Crippen LogP contribution in [0.3, 0.4) is 0 Å². The van der Waals surface area contributed by atoms with Crippen LogP contribution in [0.2, 0.25) is 0 Å². The molecule has 1 nitrogen and oxygen atoms in total. The van der Waals surface area contributed by atoms with E-state index in [0.717, 1.165) is 0 Å². The van der Waals surface area contributed by atoms with E-state index in [1.165, 1.54) is 16.8 Å². The number of rotatable bonds is 2. The predicted molar refractivity (Wildman–Crippen MR) is 69.4 cm³/mol. The highest BCUT2D eigenvalue weighted by Crippen LogP contribution is 2.27. The van der Waals surface area contributed by atoms with Gasteiger partial charge < -0.3 is 5.32 Å². The van der Waals surface area contributed by atoms with Crippen LogP contribution in [-0.4, -0.2) is 7.05 Å². The predicted octanol–water partition coefficient (Wildman–Crippen LogP) is 4.06. The molecule has 0 unspecified atom stereocenters. The van der Waals surface area contributed by atoms with E-state index in [1.54, 1.807) is 0 Å². The second-order valence-electron chi connectivity index (χ2n) is 4.80. The second kappa shape index (κ2) is 4.52. The minimum absolute atomic E-state index is 0.211. The third kappa shape index (κ3) is 2.85. The van der Waals surface area contributed by atoms with Crippen molar-refractivity contribution in [3.8, 4) is 0 Å². The van der Waals surface area contributed by atoms with E-state index in [1.807, 2.05) is 14.0 Å². The largest absolute Gasteiger partial charge is 0.388 e. The lowest BCUT2D eigenvalue weighted by molar-refractivity contribution is 0.590. The van der Waals surface area contributed by atoms with Crippen LogP contribution in [-0.2, 0) is 5.41 Å². The Morgan fingerprint density at radius 1 is 1.20 bits per heavy atom. The quantitative estimate of drug-likeness (QED) is 0.764. The minimum Gasteiger partial charge on any atom is -0.388 e. The molecule has 0 aliphatic carbocycles. The first-order chi connectivity index (χ1) is 6.99. The lowest BCUT2D eigenvalue weighted by Gasteiger charge is -2.20. The first kappa shape index (κ1) is 11.8. The summed E-state index contributed by atoms with van der Waals surface area (Å²) in [4.78, 5) is 0. The van der Waals surface area contributed by atoms with Crippen LogP contribution in [0.15, 0.2) is 24.3 Å². The van der Waals surface area contributed by atoms with Crippen molar-refractivity contribution in [3.63, 3.8) is 0 Å². The molecule has 0 aliphatic heterocycles. The molecule has 1 rings (SSSR count). The molecule has 0 aliphatic rings. The summed E-state index contributed by atoms with van der Waals surface area (Å²) in [6.07, 6.45) is 4.21. The van der Waals surface area contributed by atoms with E-state index in [-0.39, 0.29) is 5.41 Å². The molecule has 0 spiro atoms. The topological polar surface area (TPSA) is 12.0 Å². The molecule has 0 saturated carbocycles. The van der Waals surface area contributed by atoms with Crippen LogP contribution >= 0.6 is 0 Å². The normalized spacial score (nSPS) is 12.1. The SMILES string of the molecule is C/C=C\c1cc(C(C)(C)C)ccc1NC. The van der Waals surface area contributed by atoms with Gasteiger partial charge in [0.25, 0.3) is 0 Å². The summed E-state index contributed by atoms with van der Waals surface area (Å²) < 4.78 is 0. The molecular formula is C14H21N. The van der Waals surface area contributed by atoms with Gasteiger partial charge in [-0.2, -0.15) is 0 Å². The zero-order valence-corrected chi connectivity index (χ0v) is 10.4. The molecule has 1 aromatic rings. The maximum absolute atomic E-state index is 3.21. The Balaban J connectivity index is 3.22. The van der Waals surface area contributed by atoms with Crippen molar-refractivity contribution in [3.05, 3.63) is 35.4 Å². The van der Waals surface area contributed by atoms with E-state index in [2.05, 4.69) is 56.4 Å². The Bertz CT molecular complexity index is 356. The second-order valence-corrected chi connectivity index (χ2v) is 4.80. The molecule has 1 N–H and O–H groups in total. The summed E-state index contributed by atoms with van der Waals surface area (Å²) in [7, 11) is 1.96. The lowest BCUT2D eigenvalue weighted by Crippen LogP contribution is -2.11. The fourth-order valence-electron chi connectivity index (χ4n) is 1.57. The number of nitrogens with one attached hydrogen (secondary N) is 1. The van der Waals surface area contributed by atoms with Crippen LogP contribution < -0.4 is 5.32 Å². The molecule has 82 valence electrons. The Morgan fingerprint density at radius 3 is 2.33 bits per heavy atom. The zero-order valence-electron chi connectivity index (χ0n) is 10.4.